The first-order valence-corrected chi connectivity index (χ1v) is 9.51. The van der Waals surface area contributed by atoms with Crippen LogP contribution in [-0.4, -0.2) is 69.0 Å². The van der Waals surface area contributed by atoms with Crippen LogP contribution in [0.3, 0.4) is 0 Å². The van der Waals surface area contributed by atoms with Gasteiger partial charge < -0.3 is 20.4 Å². The predicted octanol–water partition coefficient (Wildman–Crippen LogP) is 1.79. The van der Waals surface area contributed by atoms with E-state index in [0.717, 1.165) is 18.1 Å². The second-order valence-corrected chi connectivity index (χ2v) is 7.16. The zero-order valence-electron chi connectivity index (χ0n) is 16.6. The van der Waals surface area contributed by atoms with E-state index in [9.17, 15) is 4.79 Å². The Hall–Kier alpha value is -2.08. The van der Waals surface area contributed by atoms with Gasteiger partial charge in [-0.15, -0.1) is 0 Å². The van der Waals surface area contributed by atoms with Crippen molar-refractivity contribution in [3.63, 3.8) is 0 Å². The molecule has 2 N–H and O–H groups in total. The van der Waals surface area contributed by atoms with Gasteiger partial charge in [-0.2, -0.15) is 0 Å². The smallest absolute Gasteiger partial charge is 0.253 e. The molecule has 0 aliphatic carbocycles. The summed E-state index contributed by atoms with van der Waals surface area (Å²) in [5, 5.41) is 6.79. The topological polar surface area (TPSA) is 60.0 Å². The summed E-state index contributed by atoms with van der Waals surface area (Å²) in [5.41, 5.74) is 1.83. The van der Waals surface area contributed by atoms with E-state index < -0.39 is 0 Å². The molecular formula is C20H33N5O. The van der Waals surface area contributed by atoms with E-state index in [4.69, 9.17) is 0 Å². The Morgan fingerprint density at radius 1 is 1.27 bits per heavy atom. The largest absolute Gasteiger partial charge is 0.356 e. The van der Waals surface area contributed by atoms with Crippen LogP contribution < -0.4 is 10.6 Å². The van der Waals surface area contributed by atoms with E-state index >= 15 is 0 Å². The number of benzene rings is 1. The van der Waals surface area contributed by atoms with Gasteiger partial charge >= 0.3 is 0 Å². The first-order chi connectivity index (χ1) is 12.5. The summed E-state index contributed by atoms with van der Waals surface area (Å²) in [4.78, 5) is 20.4. The Morgan fingerprint density at radius 3 is 2.62 bits per heavy atom. The summed E-state index contributed by atoms with van der Waals surface area (Å²) in [5.74, 6) is 1.54. The lowest BCUT2D eigenvalue weighted by Crippen LogP contribution is -2.40. The average Bonchev–Trinajstić information content (AvgIpc) is 3.09. The van der Waals surface area contributed by atoms with Crippen LogP contribution in [0.1, 0.15) is 35.7 Å². The summed E-state index contributed by atoms with van der Waals surface area (Å²) >= 11 is 0. The van der Waals surface area contributed by atoms with Crippen LogP contribution in [0.5, 0.6) is 0 Å². The fourth-order valence-corrected chi connectivity index (χ4v) is 3.27. The maximum absolute atomic E-state index is 11.9. The van der Waals surface area contributed by atoms with E-state index in [1.165, 1.54) is 32.5 Å². The number of likely N-dealkylation sites (tertiary alicyclic amines) is 1. The number of amides is 1. The molecule has 2 rings (SSSR count). The van der Waals surface area contributed by atoms with Crippen molar-refractivity contribution in [2.75, 3.05) is 47.3 Å². The van der Waals surface area contributed by atoms with Crippen LogP contribution >= 0.6 is 0 Å². The Labute approximate surface area is 157 Å². The summed E-state index contributed by atoms with van der Waals surface area (Å²) in [6, 6.07) is 7.71. The number of carbonyl (C=O) groups excluding carboxylic acids is 1. The zero-order valence-corrected chi connectivity index (χ0v) is 16.6. The third-order valence-corrected chi connectivity index (χ3v) is 4.76. The minimum absolute atomic E-state index is 0.0238. The third-order valence-electron chi connectivity index (χ3n) is 4.76. The minimum atomic E-state index is 0.0238. The Bertz CT molecular complexity index is 597. The lowest BCUT2D eigenvalue weighted by atomic mass is 10.1. The standard InChI is InChI=1S/C20H33N5O/c1-5-11-25-12-10-17(15-25)14-23-20(21-2)22-13-16-6-8-18(9-7-16)19(26)24(3)4/h6-9,17H,5,10-15H2,1-4H3,(H2,21,22,23). The summed E-state index contributed by atoms with van der Waals surface area (Å²) in [6.07, 6.45) is 2.48. The molecule has 0 bridgehead atoms. The SMILES string of the molecule is CCCN1CCC(CNC(=NC)NCc2ccc(C(=O)N(C)C)cc2)C1. The van der Waals surface area contributed by atoms with E-state index in [1.54, 1.807) is 26.0 Å². The molecule has 0 saturated carbocycles. The van der Waals surface area contributed by atoms with Gasteiger partial charge in [0.15, 0.2) is 5.96 Å². The summed E-state index contributed by atoms with van der Waals surface area (Å²) < 4.78 is 0. The molecule has 0 radical (unpaired) electrons. The molecule has 1 aromatic carbocycles. The summed E-state index contributed by atoms with van der Waals surface area (Å²) in [7, 11) is 5.32. The molecule has 26 heavy (non-hydrogen) atoms. The van der Waals surface area contributed by atoms with E-state index in [2.05, 4.69) is 27.4 Å². The molecule has 144 valence electrons. The molecule has 1 fully saturated rings. The predicted molar refractivity (Wildman–Crippen MR) is 107 cm³/mol. The van der Waals surface area contributed by atoms with E-state index in [0.29, 0.717) is 18.0 Å². The van der Waals surface area contributed by atoms with E-state index in [1.807, 2.05) is 24.3 Å². The lowest BCUT2D eigenvalue weighted by molar-refractivity contribution is 0.0827. The van der Waals surface area contributed by atoms with Gasteiger partial charge in [-0.3, -0.25) is 9.79 Å². The number of nitrogens with zero attached hydrogens (tertiary/aromatic N) is 3. The van der Waals surface area contributed by atoms with Gasteiger partial charge in [-0.05, 0) is 49.5 Å². The molecule has 1 aromatic rings. The number of rotatable bonds is 7. The minimum Gasteiger partial charge on any atom is -0.356 e. The first-order valence-electron chi connectivity index (χ1n) is 9.51. The molecule has 0 aromatic heterocycles. The van der Waals surface area contributed by atoms with Crippen LogP contribution in [0.15, 0.2) is 29.3 Å². The molecule has 0 spiro atoms. The van der Waals surface area contributed by atoms with Gasteiger partial charge in [0, 0.05) is 46.3 Å². The molecule has 6 heteroatoms. The number of hydrogen-bond acceptors (Lipinski definition) is 3. The first kappa shape index (κ1) is 20.2. The molecule has 1 saturated heterocycles. The Kier molecular flexibility index (Phi) is 7.91. The van der Waals surface area contributed by atoms with Gasteiger partial charge in [0.1, 0.15) is 0 Å². The van der Waals surface area contributed by atoms with Crippen LogP contribution in [0, 0.1) is 5.92 Å². The molecule has 1 aliphatic rings. The highest BCUT2D eigenvalue weighted by Gasteiger charge is 2.21. The molecule has 1 atom stereocenters. The molecule has 1 heterocycles. The van der Waals surface area contributed by atoms with Gasteiger partial charge in [-0.25, -0.2) is 0 Å². The highest BCUT2D eigenvalue weighted by Crippen LogP contribution is 2.15. The number of guanidine groups is 1. The quantitative estimate of drug-likeness (QED) is 0.576. The number of carbonyl (C=O) groups is 1. The van der Waals surface area contributed by atoms with Crippen molar-refractivity contribution in [1.29, 1.82) is 0 Å². The van der Waals surface area contributed by atoms with Crippen LogP contribution in [0.4, 0.5) is 0 Å². The van der Waals surface area contributed by atoms with Gasteiger partial charge in [0.2, 0.25) is 0 Å². The maximum atomic E-state index is 11.9. The molecule has 6 nitrogen and oxygen atoms in total. The number of hydrogen-bond donors (Lipinski definition) is 2. The number of aliphatic imine (C=N–C) groups is 1. The monoisotopic (exact) mass is 359 g/mol. The van der Waals surface area contributed by atoms with Crippen molar-refractivity contribution in [2.24, 2.45) is 10.9 Å². The van der Waals surface area contributed by atoms with Crippen molar-refractivity contribution >= 4 is 11.9 Å². The second-order valence-electron chi connectivity index (χ2n) is 7.16. The second kappa shape index (κ2) is 10.2. The molecule has 1 amide bonds. The van der Waals surface area contributed by atoms with Crippen molar-refractivity contribution in [1.82, 2.24) is 20.4 Å². The lowest BCUT2D eigenvalue weighted by Gasteiger charge is -2.17. The fourth-order valence-electron chi connectivity index (χ4n) is 3.27. The Morgan fingerprint density at radius 2 is 2.00 bits per heavy atom. The highest BCUT2D eigenvalue weighted by atomic mass is 16.2. The van der Waals surface area contributed by atoms with Crippen molar-refractivity contribution in [3.05, 3.63) is 35.4 Å². The molecule has 1 aliphatic heterocycles. The van der Waals surface area contributed by atoms with Gasteiger partial charge in [0.05, 0.1) is 0 Å². The fraction of sp³-hybridized carbons (Fsp3) is 0.600. The summed E-state index contributed by atoms with van der Waals surface area (Å²) in [6.45, 7) is 7.47. The van der Waals surface area contributed by atoms with Gasteiger partial charge in [-0.1, -0.05) is 19.1 Å². The number of nitrogens with one attached hydrogen (secondary N) is 2. The van der Waals surface area contributed by atoms with Gasteiger partial charge in [0.25, 0.3) is 5.91 Å². The molecular weight excluding hydrogens is 326 g/mol. The maximum Gasteiger partial charge on any atom is 0.253 e. The third kappa shape index (κ3) is 6.02. The van der Waals surface area contributed by atoms with Crippen LogP contribution in [-0.2, 0) is 6.54 Å². The van der Waals surface area contributed by atoms with E-state index in [-0.39, 0.29) is 5.91 Å². The average molecular weight is 360 g/mol. The Balaban J connectivity index is 1.76. The van der Waals surface area contributed by atoms with Crippen LogP contribution in [0.2, 0.25) is 0 Å². The van der Waals surface area contributed by atoms with Crippen LogP contribution in [0.25, 0.3) is 0 Å². The zero-order chi connectivity index (χ0) is 18.9. The normalized spacial score (nSPS) is 18.0. The highest BCUT2D eigenvalue weighted by molar-refractivity contribution is 5.93. The van der Waals surface area contributed by atoms with Crippen molar-refractivity contribution < 1.29 is 4.79 Å². The van der Waals surface area contributed by atoms with Crippen molar-refractivity contribution in [3.8, 4) is 0 Å². The molecule has 1 unspecified atom stereocenters. The van der Waals surface area contributed by atoms with Crippen molar-refractivity contribution in [2.45, 2.75) is 26.3 Å².